The van der Waals surface area contributed by atoms with E-state index in [1.807, 2.05) is 4.90 Å². The molecule has 2 aliphatic rings. The first-order valence-corrected chi connectivity index (χ1v) is 8.38. The maximum Gasteiger partial charge on any atom is 0.235 e. The van der Waals surface area contributed by atoms with E-state index in [4.69, 9.17) is 5.73 Å². The highest BCUT2D eigenvalue weighted by molar-refractivity contribution is 7.86. The molecule has 18 heavy (non-hydrogen) atoms. The maximum atomic E-state index is 12.3. The molecule has 4 unspecified atom stereocenters. The molecule has 0 spiro atoms. The van der Waals surface area contributed by atoms with E-state index in [1.165, 1.54) is 6.42 Å². The third-order valence-corrected chi connectivity index (χ3v) is 6.23. The van der Waals surface area contributed by atoms with Crippen molar-refractivity contribution in [3.63, 3.8) is 0 Å². The van der Waals surface area contributed by atoms with E-state index < -0.39 is 10.8 Å². The summed E-state index contributed by atoms with van der Waals surface area (Å²) in [4.78, 5) is 13.9. The molecule has 1 saturated carbocycles. The number of nitrogens with two attached hydrogens (primary N) is 1. The molecule has 1 aliphatic carbocycles. The fourth-order valence-corrected chi connectivity index (χ4v) is 4.71. The molecule has 1 amide bonds. The molecule has 0 radical (unpaired) electrons. The molecule has 0 aromatic heterocycles. The van der Waals surface area contributed by atoms with Crippen LogP contribution in [0.1, 0.15) is 39.0 Å². The van der Waals surface area contributed by atoms with Crippen LogP contribution in [0, 0.1) is 5.92 Å². The lowest BCUT2D eigenvalue weighted by Gasteiger charge is -2.27. The van der Waals surface area contributed by atoms with Crippen LogP contribution in [-0.4, -0.2) is 45.2 Å². The highest BCUT2D eigenvalue weighted by atomic mass is 32.2. The van der Waals surface area contributed by atoms with Crippen molar-refractivity contribution in [3.05, 3.63) is 0 Å². The van der Waals surface area contributed by atoms with Crippen LogP contribution in [-0.2, 0) is 15.6 Å². The summed E-state index contributed by atoms with van der Waals surface area (Å²) in [6.07, 6.45) is 5.23. The van der Waals surface area contributed by atoms with Gasteiger partial charge in [-0.25, -0.2) is 0 Å². The highest BCUT2D eigenvalue weighted by Gasteiger charge is 2.35. The average molecular weight is 272 g/mol. The van der Waals surface area contributed by atoms with Gasteiger partial charge in [0.15, 0.2) is 0 Å². The third kappa shape index (κ3) is 3.12. The summed E-state index contributed by atoms with van der Waals surface area (Å²) in [7, 11) is -1.05. The van der Waals surface area contributed by atoms with Crippen LogP contribution in [0.25, 0.3) is 0 Å². The van der Waals surface area contributed by atoms with Crippen molar-refractivity contribution >= 4 is 16.7 Å². The van der Waals surface area contributed by atoms with E-state index in [-0.39, 0.29) is 28.9 Å². The summed E-state index contributed by atoms with van der Waals surface area (Å²) in [5, 5.41) is 0.119. The number of amides is 1. The first-order valence-electron chi connectivity index (χ1n) is 7.00. The zero-order valence-electron chi connectivity index (χ0n) is 11.1. The third-order valence-electron chi connectivity index (χ3n) is 4.36. The van der Waals surface area contributed by atoms with Crippen LogP contribution in [0.15, 0.2) is 0 Å². The van der Waals surface area contributed by atoms with Gasteiger partial charge in [0.1, 0.15) is 5.75 Å². The van der Waals surface area contributed by atoms with Gasteiger partial charge in [-0.05, 0) is 38.0 Å². The molecule has 0 aromatic carbocycles. The van der Waals surface area contributed by atoms with Crippen molar-refractivity contribution in [1.29, 1.82) is 0 Å². The summed E-state index contributed by atoms with van der Waals surface area (Å²) in [5.41, 5.74) is 5.95. The minimum atomic E-state index is -1.05. The highest BCUT2D eigenvalue weighted by Crippen LogP contribution is 2.28. The molecule has 5 heteroatoms. The molecule has 2 rings (SSSR count). The lowest BCUT2D eigenvalue weighted by molar-refractivity contribution is -0.129. The molecule has 2 N–H and O–H groups in total. The number of hydrogen-bond donors (Lipinski definition) is 1. The van der Waals surface area contributed by atoms with Crippen LogP contribution in [0.5, 0.6) is 0 Å². The monoisotopic (exact) mass is 272 g/mol. The van der Waals surface area contributed by atoms with Gasteiger partial charge in [-0.3, -0.25) is 9.00 Å². The van der Waals surface area contributed by atoms with E-state index in [0.29, 0.717) is 0 Å². The quantitative estimate of drug-likeness (QED) is 0.829. The second-order valence-electron chi connectivity index (χ2n) is 5.61. The number of carbonyl (C=O) groups excluding carboxylic acids is 1. The predicted octanol–water partition coefficient (Wildman–Crippen LogP) is 0.873. The van der Waals surface area contributed by atoms with Crippen molar-refractivity contribution in [2.45, 2.75) is 50.3 Å². The second kappa shape index (κ2) is 6.15. The largest absolute Gasteiger partial charge is 0.342 e. The Kier molecular flexibility index (Phi) is 4.78. The standard InChI is InChI=1S/C13H24N2O2S/c1-10-11(14)5-6-12(10)18(17)9-13(16)15-7-3-2-4-8-15/h10-12H,2-9,14H2,1H3. The zero-order chi connectivity index (χ0) is 13.1. The van der Waals surface area contributed by atoms with Gasteiger partial charge in [0.05, 0.1) is 0 Å². The molecule has 2 fully saturated rings. The van der Waals surface area contributed by atoms with Gasteiger partial charge in [0.25, 0.3) is 0 Å². The van der Waals surface area contributed by atoms with Gasteiger partial charge in [0, 0.05) is 35.2 Å². The second-order valence-corrected chi connectivity index (χ2v) is 7.26. The normalized spacial score (nSPS) is 34.6. The molecule has 1 saturated heterocycles. The topological polar surface area (TPSA) is 63.4 Å². The Bertz CT molecular complexity index is 329. The Morgan fingerprint density at radius 2 is 1.94 bits per heavy atom. The van der Waals surface area contributed by atoms with Gasteiger partial charge >= 0.3 is 0 Å². The first-order chi connectivity index (χ1) is 8.59. The molecule has 1 heterocycles. The summed E-state index contributed by atoms with van der Waals surface area (Å²) in [6.45, 7) is 3.75. The molecular weight excluding hydrogens is 248 g/mol. The van der Waals surface area contributed by atoms with Gasteiger partial charge in [-0.15, -0.1) is 0 Å². The summed E-state index contributed by atoms with van der Waals surface area (Å²) < 4.78 is 12.3. The van der Waals surface area contributed by atoms with Gasteiger partial charge in [-0.2, -0.15) is 0 Å². The Morgan fingerprint density at radius 3 is 2.50 bits per heavy atom. The number of nitrogens with zero attached hydrogens (tertiary/aromatic N) is 1. The number of likely N-dealkylation sites (tertiary alicyclic amines) is 1. The summed E-state index contributed by atoms with van der Waals surface area (Å²) in [5.74, 6) is 0.544. The Labute approximate surface area is 112 Å². The van der Waals surface area contributed by atoms with Crippen molar-refractivity contribution in [2.24, 2.45) is 11.7 Å². The minimum absolute atomic E-state index is 0.0701. The summed E-state index contributed by atoms with van der Waals surface area (Å²) in [6, 6.07) is 0.157. The molecule has 1 aliphatic heterocycles. The van der Waals surface area contributed by atoms with Gasteiger partial charge < -0.3 is 10.6 Å². The fourth-order valence-electron chi connectivity index (χ4n) is 2.99. The van der Waals surface area contributed by atoms with Crippen LogP contribution < -0.4 is 5.73 Å². The van der Waals surface area contributed by atoms with Crippen molar-refractivity contribution in [3.8, 4) is 0 Å². The van der Waals surface area contributed by atoms with Crippen LogP contribution in [0.2, 0.25) is 0 Å². The smallest absolute Gasteiger partial charge is 0.235 e. The Hall–Kier alpha value is -0.420. The van der Waals surface area contributed by atoms with E-state index in [2.05, 4.69) is 6.92 Å². The molecule has 104 valence electrons. The lowest BCUT2D eigenvalue weighted by atomic mass is 10.1. The first kappa shape index (κ1) is 14.0. The van der Waals surface area contributed by atoms with E-state index in [9.17, 15) is 9.00 Å². The average Bonchev–Trinajstić information content (AvgIpc) is 2.71. The van der Waals surface area contributed by atoms with Gasteiger partial charge in [-0.1, -0.05) is 6.92 Å². The molecular formula is C13H24N2O2S. The van der Waals surface area contributed by atoms with E-state index in [0.717, 1.165) is 38.8 Å². The lowest BCUT2D eigenvalue weighted by Crippen LogP contribution is -2.40. The SMILES string of the molecule is CC1C(N)CCC1S(=O)CC(=O)N1CCCCC1. The van der Waals surface area contributed by atoms with Gasteiger partial charge in [0.2, 0.25) is 5.91 Å². The Morgan fingerprint density at radius 1 is 1.28 bits per heavy atom. The van der Waals surface area contributed by atoms with E-state index >= 15 is 0 Å². The number of piperidine rings is 1. The van der Waals surface area contributed by atoms with Crippen molar-refractivity contribution < 1.29 is 9.00 Å². The maximum absolute atomic E-state index is 12.3. The van der Waals surface area contributed by atoms with Crippen molar-refractivity contribution in [2.75, 3.05) is 18.8 Å². The van der Waals surface area contributed by atoms with E-state index in [1.54, 1.807) is 0 Å². The van der Waals surface area contributed by atoms with Crippen LogP contribution >= 0.6 is 0 Å². The minimum Gasteiger partial charge on any atom is -0.342 e. The number of carbonyl (C=O) groups is 1. The predicted molar refractivity (Wildman–Crippen MR) is 73.6 cm³/mol. The van der Waals surface area contributed by atoms with Crippen LogP contribution in [0.4, 0.5) is 0 Å². The van der Waals surface area contributed by atoms with Crippen LogP contribution in [0.3, 0.4) is 0 Å². The van der Waals surface area contributed by atoms with Crippen molar-refractivity contribution in [1.82, 2.24) is 4.90 Å². The molecule has 4 nitrogen and oxygen atoms in total. The summed E-state index contributed by atoms with van der Waals surface area (Å²) >= 11 is 0. The number of rotatable bonds is 3. The zero-order valence-corrected chi connectivity index (χ0v) is 12.0. The molecule has 0 aromatic rings. The Balaban J connectivity index is 1.85. The molecule has 4 atom stereocenters. The molecule has 0 bridgehead atoms. The fraction of sp³-hybridized carbons (Fsp3) is 0.923. The number of hydrogen-bond acceptors (Lipinski definition) is 3.